The number of esters is 2. The molecule has 0 saturated heterocycles. The summed E-state index contributed by atoms with van der Waals surface area (Å²) in [6.45, 7) is 5.48. The van der Waals surface area contributed by atoms with Gasteiger partial charge in [-0.2, -0.15) is 5.26 Å². The van der Waals surface area contributed by atoms with Crippen molar-refractivity contribution in [1.82, 2.24) is 0 Å². The summed E-state index contributed by atoms with van der Waals surface area (Å²) in [5.74, 6) is -0.353. The number of rotatable bonds is 7. The van der Waals surface area contributed by atoms with Crippen LogP contribution < -0.4 is 9.47 Å². The van der Waals surface area contributed by atoms with Gasteiger partial charge in [-0.3, -0.25) is 0 Å². The predicted molar refractivity (Wildman–Crippen MR) is 104 cm³/mol. The summed E-state index contributed by atoms with van der Waals surface area (Å²) in [7, 11) is 0. The maximum absolute atomic E-state index is 12.1. The second-order valence-electron chi connectivity index (χ2n) is 5.92. The third-order valence-corrected chi connectivity index (χ3v) is 3.92. The molecule has 6 nitrogen and oxygen atoms in total. The molecule has 2 aromatic carbocycles. The van der Waals surface area contributed by atoms with Gasteiger partial charge in [-0.15, -0.1) is 0 Å². The van der Waals surface area contributed by atoms with Crippen LogP contribution in [0.2, 0.25) is 0 Å². The van der Waals surface area contributed by atoms with Gasteiger partial charge in [-0.1, -0.05) is 24.3 Å². The van der Waals surface area contributed by atoms with Gasteiger partial charge in [-0.25, -0.2) is 9.59 Å². The minimum absolute atomic E-state index is 0.136. The van der Waals surface area contributed by atoms with Crippen molar-refractivity contribution in [3.63, 3.8) is 0 Å². The highest BCUT2D eigenvalue weighted by molar-refractivity contribution is 5.97. The summed E-state index contributed by atoms with van der Waals surface area (Å²) in [6.07, 6.45) is 1.38. The summed E-state index contributed by atoms with van der Waals surface area (Å²) in [5.41, 5.74) is 2.43. The number of hydrogen-bond acceptors (Lipinski definition) is 6. The predicted octanol–water partition coefficient (Wildman–Crippen LogP) is 3.76. The average Bonchev–Trinajstić information content (AvgIpc) is 2.67. The molecule has 144 valence electrons. The van der Waals surface area contributed by atoms with Crippen LogP contribution in [0.4, 0.5) is 0 Å². The van der Waals surface area contributed by atoms with Crippen molar-refractivity contribution in [3.05, 3.63) is 64.7 Å². The van der Waals surface area contributed by atoms with Gasteiger partial charge in [0.1, 0.15) is 23.1 Å². The number of carbonyl (C=O) groups excluding carboxylic acids is 2. The smallest absolute Gasteiger partial charge is 0.349 e. The van der Waals surface area contributed by atoms with Crippen LogP contribution in [0.1, 0.15) is 23.6 Å². The monoisotopic (exact) mass is 379 g/mol. The van der Waals surface area contributed by atoms with Crippen molar-refractivity contribution in [3.8, 4) is 17.6 Å². The van der Waals surface area contributed by atoms with Crippen LogP contribution in [0.5, 0.6) is 11.5 Å². The lowest BCUT2D eigenvalue weighted by Crippen LogP contribution is -2.18. The zero-order valence-corrected chi connectivity index (χ0v) is 16.0. The van der Waals surface area contributed by atoms with Gasteiger partial charge < -0.3 is 14.2 Å². The molecule has 0 aliphatic heterocycles. The van der Waals surface area contributed by atoms with Gasteiger partial charge in [0, 0.05) is 0 Å². The Kier molecular flexibility index (Phi) is 7.35. The number of nitriles is 1. The molecule has 0 amide bonds. The Morgan fingerprint density at radius 3 is 2.61 bits per heavy atom. The Bertz CT molecular complexity index is 940. The van der Waals surface area contributed by atoms with E-state index in [0.717, 1.165) is 11.1 Å². The quantitative estimate of drug-likeness (QED) is 0.315. The number of carbonyl (C=O) groups is 2. The Hall–Kier alpha value is -3.59. The highest BCUT2D eigenvalue weighted by Gasteiger charge is 2.11. The minimum atomic E-state index is -0.700. The number of hydrogen-bond donors (Lipinski definition) is 0. The van der Waals surface area contributed by atoms with Crippen LogP contribution in [-0.2, 0) is 14.3 Å². The fourth-order valence-corrected chi connectivity index (χ4v) is 2.36. The molecule has 0 bridgehead atoms. The van der Waals surface area contributed by atoms with E-state index in [2.05, 4.69) is 0 Å². The third kappa shape index (κ3) is 5.71. The van der Waals surface area contributed by atoms with Crippen molar-refractivity contribution < 1.29 is 23.8 Å². The Morgan fingerprint density at radius 1 is 1.14 bits per heavy atom. The topological polar surface area (TPSA) is 85.6 Å². The molecule has 0 aliphatic rings. The molecule has 0 atom stereocenters. The molecule has 0 fully saturated rings. The number of ether oxygens (including phenoxy) is 3. The fraction of sp³-hybridized carbons (Fsp3) is 0.227. The average molecular weight is 379 g/mol. The molecule has 0 radical (unpaired) electrons. The van der Waals surface area contributed by atoms with E-state index >= 15 is 0 Å². The molecule has 2 aromatic rings. The van der Waals surface area contributed by atoms with Crippen LogP contribution in [0.25, 0.3) is 6.08 Å². The number of aryl methyl sites for hydroxylation is 1. The van der Waals surface area contributed by atoms with E-state index in [0.29, 0.717) is 11.3 Å². The normalized spacial score (nSPS) is 10.7. The maximum atomic E-state index is 12.1. The number of nitrogens with zero attached hydrogens (tertiary/aromatic N) is 1. The summed E-state index contributed by atoms with van der Waals surface area (Å²) in [6, 6.07) is 13.9. The van der Waals surface area contributed by atoms with Crippen LogP contribution in [0, 0.1) is 25.2 Å². The molecule has 6 heteroatoms. The Morgan fingerprint density at radius 2 is 1.89 bits per heavy atom. The Balaban J connectivity index is 2.04. The summed E-state index contributed by atoms with van der Waals surface area (Å²) in [5, 5.41) is 9.10. The van der Waals surface area contributed by atoms with Crippen LogP contribution >= 0.6 is 0 Å². The maximum Gasteiger partial charge on any atom is 0.349 e. The minimum Gasteiger partial charge on any atom is -0.482 e. The fourth-order valence-electron chi connectivity index (χ4n) is 2.36. The summed E-state index contributed by atoms with van der Waals surface area (Å²) >= 11 is 0. The van der Waals surface area contributed by atoms with Crippen molar-refractivity contribution in [1.29, 1.82) is 5.26 Å². The van der Waals surface area contributed by atoms with E-state index in [1.54, 1.807) is 43.3 Å². The van der Waals surface area contributed by atoms with E-state index in [1.807, 2.05) is 26.0 Å². The lowest BCUT2D eigenvalue weighted by Gasteiger charge is -2.10. The highest BCUT2D eigenvalue weighted by Crippen LogP contribution is 2.21. The van der Waals surface area contributed by atoms with Gasteiger partial charge in [0.2, 0.25) is 0 Å². The van der Waals surface area contributed by atoms with Gasteiger partial charge in [0.05, 0.1) is 6.61 Å². The lowest BCUT2D eigenvalue weighted by atomic mass is 10.1. The van der Waals surface area contributed by atoms with Gasteiger partial charge in [0.15, 0.2) is 6.61 Å². The molecule has 0 aliphatic carbocycles. The summed E-state index contributed by atoms with van der Waals surface area (Å²) in [4.78, 5) is 23.8. The van der Waals surface area contributed by atoms with Crippen molar-refractivity contribution >= 4 is 18.0 Å². The molecular formula is C22H21NO5. The van der Waals surface area contributed by atoms with E-state index in [-0.39, 0.29) is 24.5 Å². The third-order valence-electron chi connectivity index (χ3n) is 3.92. The van der Waals surface area contributed by atoms with Crippen LogP contribution in [0.15, 0.2) is 48.0 Å². The first-order valence-electron chi connectivity index (χ1n) is 8.73. The molecule has 0 saturated carbocycles. The zero-order chi connectivity index (χ0) is 20.5. The van der Waals surface area contributed by atoms with E-state index in [9.17, 15) is 9.59 Å². The second-order valence-corrected chi connectivity index (χ2v) is 5.92. The van der Waals surface area contributed by atoms with Gasteiger partial charge >= 0.3 is 11.9 Å². The number of benzene rings is 2. The second kappa shape index (κ2) is 9.93. The molecule has 2 rings (SSSR count). The van der Waals surface area contributed by atoms with E-state index < -0.39 is 11.9 Å². The Labute approximate surface area is 164 Å². The van der Waals surface area contributed by atoms with Crippen molar-refractivity contribution in [2.75, 3.05) is 13.2 Å². The molecule has 0 heterocycles. The lowest BCUT2D eigenvalue weighted by molar-refractivity contribution is -0.138. The molecular weight excluding hydrogens is 358 g/mol. The summed E-state index contributed by atoms with van der Waals surface area (Å²) < 4.78 is 15.6. The van der Waals surface area contributed by atoms with E-state index in [4.69, 9.17) is 19.5 Å². The van der Waals surface area contributed by atoms with Crippen molar-refractivity contribution in [2.45, 2.75) is 20.8 Å². The first-order chi connectivity index (χ1) is 13.4. The largest absolute Gasteiger partial charge is 0.482 e. The van der Waals surface area contributed by atoms with Crippen LogP contribution in [0.3, 0.4) is 0 Å². The van der Waals surface area contributed by atoms with E-state index in [1.165, 1.54) is 6.08 Å². The highest BCUT2D eigenvalue weighted by atomic mass is 16.6. The van der Waals surface area contributed by atoms with Gasteiger partial charge in [-0.05, 0) is 61.7 Å². The van der Waals surface area contributed by atoms with Crippen molar-refractivity contribution in [2.24, 2.45) is 0 Å². The zero-order valence-electron chi connectivity index (χ0n) is 16.0. The molecule has 28 heavy (non-hydrogen) atoms. The first-order valence-corrected chi connectivity index (χ1v) is 8.73. The molecule has 0 unspecified atom stereocenters. The molecule has 0 N–H and O–H groups in total. The molecule has 0 aromatic heterocycles. The van der Waals surface area contributed by atoms with Gasteiger partial charge in [0.25, 0.3) is 0 Å². The standard InChI is InChI=1S/C22H21NO5/c1-4-26-22(25)18(13-23)11-17-8-6-9-19(12-17)28-21(24)14-27-20-10-5-7-15(2)16(20)3/h5-12H,4,14H2,1-3H3/b18-11+. The first kappa shape index (κ1) is 20.7. The SMILES string of the molecule is CCOC(=O)/C(C#N)=C/c1cccc(OC(=O)COc2cccc(C)c2C)c1. The van der Waals surface area contributed by atoms with Crippen LogP contribution in [-0.4, -0.2) is 25.2 Å². The molecule has 0 spiro atoms.